The Balaban J connectivity index is 1.73. The van der Waals surface area contributed by atoms with Crippen LogP contribution >= 0.6 is 11.3 Å². The number of hydrogen-bond donors (Lipinski definition) is 2. The molecule has 2 heterocycles. The van der Waals surface area contributed by atoms with E-state index >= 15 is 0 Å². The number of halogens is 3. The van der Waals surface area contributed by atoms with Crippen molar-refractivity contribution < 1.29 is 18.3 Å². The van der Waals surface area contributed by atoms with Gasteiger partial charge < -0.3 is 15.3 Å². The molecule has 0 radical (unpaired) electrons. The summed E-state index contributed by atoms with van der Waals surface area (Å²) < 4.78 is 37.3. The van der Waals surface area contributed by atoms with E-state index in [4.69, 9.17) is 0 Å². The van der Waals surface area contributed by atoms with Crippen LogP contribution in [0, 0.1) is 5.92 Å². The van der Waals surface area contributed by atoms with Crippen LogP contribution in [-0.4, -0.2) is 47.3 Å². The molecule has 120 valence electrons. The molecule has 0 aromatic carbocycles. The van der Waals surface area contributed by atoms with Gasteiger partial charge in [0.2, 0.25) is 0 Å². The summed E-state index contributed by atoms with van der Waals surface area (Å²) >= 11 is 0.556. The first-order chi connectivity index (χ1) is 9.84. The summed E-state index contributed by atoms with van der Waals surface area (Å²) in [5, 5.41) is 12.9. The first-order valence-electron chi connectivity index (χ1n) is 7.02. The summed E-state index contributed by atoms with van der Waals surface area (Å²) in [7, 11) is 0. The second kappa shape index (κ2) is 6.93. The molecule has 1 atom stereocenters. The first kappa shape index (κ1) is 16.5. The Morgan fingerprint density at radius 1 is 1.48 bits per heavy atom. The zero-order valence-corrected chi connectivity index (χ0v) is 12.7. The fraction of sp³-hybridized carbons (Fsp3) is 0.769. The number of rotatable bonds is 5. The highest BCUT2D eigenvalue weighted by Gasteiger charge is 2.33. The van der Waals surface area contributed by atoms with Gasteiger partial charge in [-0.2, -0.15) is 13.2 Å². The van der Waals surface area contributed by atoms with E-state index in [0.29, 0.717) is 17.9 Å². The quantitative estimate of drug-likeness (QED) is 0.875. The average Bonchev–Trinajstić information content (AvgIpc) is 2.88. The standard InChI is InChI=1S/C13H20F3N3OS/c1-9-2-4-19(5-3-9)8-10(20)6-17-12-18-7-11(21-12)13(14,15)16/h7,9-10,20H,2-6,8H2,1H3,(H,17,18). The van der Waals surface area contributed by atoms with Gasteiger partial charge in [-0.1, -0.05) is 18.3 Å². The lowest BCUT2D eigenvalue weighted by atomic mass is 9.99. The van der Waals surface area contributed by atoms with E-state index in [1.807, 2.05) is 0 Å². The summed E-state index contributed by atoms with van der Waals surface area (Å²) in [6.07, 6.45) is -1.91. The third-order valence-electron chi connectivity index (χ3n) is 3.62. The van der Waals surface area contributed by atoms with Crippen LogP contribution in [0.3, 0.4) is 0 Å². The predicted molar refractivity (Wildman–Crippen MR) is 76.5 cm³/mol. The number of aliphatic hydroxyl groups excluding tert-OH is 1. The van der Waals surface area contributed by atoms with Crippen molar-refractivity contribution in [3.8, 4) is 0 Å². The average molecular weight is 323 g/mol. The van der Waals surface area contributed by atoms with Crippen LogP contribution in [0.25, 0.3) is 0 Å². The number of β-amino-alcohol motifs (C(OH)–C–C–N with tert-alkyl or cyclic N) is 1. The molecule has 4 nitrogen and oxygen atoms in total. The molecule has 0 saturated carbocycles. The minimum Gasteiger partial charge on any atom is -0.390 e. The molecule has 1 saturated heterocycles. The minimum absolute atomic E-state index is 0.189. The van der Waals surface area contributed by atoms with Gasteiger partial charge in [0.25, 0.3) is 0 Å². The van der Waals surface area contributed by atoms with Crippen molar-refractivity contribution in [3.05, 3.63) is 11.1 Å². The topological polar surface area (TPSA) is 48.4 Å². The SMILES string of the molecule is CC1CCN(CC(O)CNc2ncc(C(F)(F)F)s2)CC1. The highest BCUT2D eigenvalue weighted by atomic mass is 32.1. The van der Waals surface area contributed by atoms with E-state index in [-0.39, 0.29) is 11.7 Å². The van der Waals surface area contributed by atoms with Gasteiger partial charge in [-0.15, -0.1) is 0 Å². The molecule has 1 aromatic heterocycles. The highest BCUT2D eigenvalue weighted by Crippen LogP contribution is 2.34. The van der Waals surface area contributed by atoms with Gasteiger partial charge in [-0.25, -0.2) is 4.98 Å². The maximum Gasteiger partial charge on any atom is 0.427 e. The Kier molecular flexibility index (Phi) is 5.45. The fourth-order valence-corrected chi connectivity index (χ4v) is 2.99. The zero-order valence-electron chi connectivity index (χ0n) is 11.9. The minimum atomic E-state index is -4.36. The van der Waals surface area contributed by atoms with Gasteiger partial charge in [0, 0.05) is 13.1 Å². The number of hydrogen-bond acceptors (Lipinski definition) is 5. The van der Waals surface area contributed by atoms with Gasteiger partial charge in [0.15, 0.2) is 5.13 Å². The molecular formula is C13H20F3N3OS. The van der Waals surface area contributed by atoms with Crippen molar-refractivity contribution in [2.24, 2.45) is 5.92 Å². The van der Waals surface area contributed by atoms with Crippen LogP contribution in [0.15, 0.2) is 6.20 Å². The van der Waals surface area contributed by atoms with Gasteiger partial charge in [-0.3, -0.25) is 0 Å². The number of aliphatic hydroxyl groups is 1. The Bertz CT molecular complexity index is 444. The van der Waals surface area contributed by atoms with Crippen LogP contribution in [0.2, 0.25) is 0 Å². The van der Waals surface area contributed by atoms with Crippen molar-refractivity contribution in [2.45, 2.75) is 32.0 Å². The summed E-state index contributed by atoms with van der Waals surface area (Å²) in [6, 6.07) is 0. The number of anilines is 1. The molecule has 0 bridgehead atoms. The Hall–Kier alpha value is -0.860. The number of nitrogens with one attached hydrogen (secondary N) is 1. The zero-order chi connectivity index (χ0) is 15.5. The number of thiazole rings is 1. The summed E-state index contributed by atoms with van der Waals surface area (Å²) in [5.41, 5.74) is 0. The molecule has 0 aliphatic carbocycles. The molecule has 2 N–H and O–H groups in total. The first-order valence-corrected chi connectivity index (χ1v) is 7.83. The largest absolute Gasteiger partial charge is 0.427 e. The van der Waals surface area contributed by atoms with Crippen molar-refractivity contribution in [2.75, 3.05) is 31.5 Å². The number of aromatic nitrogens is 1. The number of nitrogens with zero attached hydrogens (tertiary/aromatic N) is 2. The van der Waals surface area contributed by atoms with Gasteiger partial charge in [0.05, 0.1) is 12.3 Å². The lowest BCUT2D eigenvalue weighted by molar-refractivity contribution is -0.134. The van der Waals surface area contributed by atoms with E-state index in [9.17, 15) is 18.3 Å². The maximum absolute atomic E-state index is 12.4. The highest BCUT2D eigenvalue weighted by molar-refractivity contribution is 7.15. The van der Waals surface area contributed by atoms with Crippen LogP contribution < -0.4 is 5.32 Å². The molecule has 1 aliphatic rings. The Morgan fingerprint density at radius 3 is 2.71 bits per heavy atom. The maximum atomic E-state index is 12.4. The van der Waals surface area contributed by atoms with Crippen LogP contribution in [0.5, 0.6) is 0 Å². The van der Waals surface area contributed by atoms with E-state index < -0.39 is 17.2 Å². The number of alkyl halides is 3. The smallest absolute Gasteiger partial charge is 0.390 e. The van der Waals surface area contributed by atoms with E-state index in [0.717, 1.165) is 38.0 Å². The van der Waals surface area contributed by atoms with E-state index in [1.54, 1.807) is 0 Å². The number of piperidine rings is 1. The summed E-state index contributed by atoms with van der Waals surface area (Å²) in [6.45, 7) is 4.89. The van der Waals surface area contributed by atoms with Crippen LogP contribution in [-0.2, 0) is 6.18 Å². The molecule has 21 heavy (non-hydrogen) atoms. The van der Waals surface area contributed by atoms with Crippen molar-refractivity contribution in [1.82, 2.24) is 9.88 Å². The molecule has 0 amide bonds. The summed E-state index contributed by atoms with van der Waals surface area (Å²) in [4.78, 5) is 5.13. The van der Waals surface area contributed by atoms with Gasteiger partial charge >= 0.3 is 6.18 Å². The molecule has 0 spiro atoms. The van der Waals surface area contributed by atoms with Crippen molar-refractivity contribution in [1.29, 1.82) is 0 Å². The van der Waals surface area contributed by atoms with E-state index in [2.05, 4.69) is 22.1 Å². The van der Waals surface area contributed by atoms with Crippen molar-refractivity contribution in [3.63, 3.8) is 0 Å². The van der Waals surface area contributed by atoms with E-state index in [1.165, 1.54) is 0 Å². The third kappa shape index (κ3) is 5.12. The molecule has 1 aromatic rings. The predicted octanol–water partition coefficient (Wildman–Crippen LogP) is 2.67. The molecule has 1 unspecified atom stereocenters. The second-order valence-electron chi connectivity index (χ2n) is 5.55. The fourth-order valence-electron chi connectivity index (χ4n) is 2.30. The Labute approximate surface area is 126 Å². The molecule has 8 heteroatoms. The lowest BCUT2D eigenvalue weighted by Gasteiger charge is -2.31. The third-order valence-corrected chi connectivity index (χ3v) is 4.62. The Morgan fingerprint density at radius 2 is 2.14 bits per heavy atom. The van der Waals surface area contributed by atoms with Crippen LogP contribution in [0.4, 0.5) is 18.3 Å². The number of likely N-dealkylation sites (tertiary alicyclic amines) is 1. The summed E-state index contributed by atoms with van der Waals surface area (Å²) in [5.74, 6) is 0.729. The molecular weight excluding hydrogens is 303 g/mol. The lowest BCUT2D eigenvalue weighted by Crippen LogP contribution is -2.40. The van der Waals surface area contributed by atoms with Gasteiger partial charge in [-0.05, 0) is 31.8 Å². The van der Waals surface area contributed by atoms with Crippen molar-refractivity contribution >= 4 is 16.5 Å². The molecule has 1 aliphatic heterocycles. The van der Waals surface area contributed by atoms with Gasteiger partial charge in [0.1, 0.15) is 4.88 Å². The van der Waals surface area contributed by atoms with Crippen LogP contribution in [0.1, 0.15) is 24.6 Å². The second-order valence-corrected chi connectivity index (χ2v) is 6.58. The monoisotopic (exact) mass is 323 g/mol. The molecule has 1 fully saturated rings. The normalized spacial score (nSPS) is 19.7. The molecule has 2 rings (SSSR count).